The van der Waals surface area contributed by atoms with E-state index in [1.807, 2.05) is 0 Å². The molecule has 0 bridgehead atoms. The van der Waals surface area contributed by atoms with Crippen molar-refractivity contribution in [2.75, 3.05) is 26.2 Å². The lowest BCUT2D eigenvalue weighted by atomic mass is 10.1. The summed E-state index contributed by atoms with van der Waals surface area (Å²) in [6.07, 6.45) is 2.61. The Hall–Kier alpha value is -0.120. The molecule has 1 rings (SSSR count). The van der Waals surface area contributed by atoms with Crippen LogP contribution in [-0.2, 0) is 0 Å². The lowest BCUT2D eigenvalue weighted by molar-refractivity contribution is 0.140. The lowest BCUT2D eigenvalue weighted by Gasteiger charge is -2.31. The second-order valence-corrected chi connectivity index (χ2v) is 5.13. The Kier molecular flexibility index (Phi) is 5.58. The molecule has 0 spiro atoms. The molecule has 1 heterocycles. The van der Waals surface area contributed by atoms with Crippen LogP contribution in [0.25, 0.3) is 0 Å². The van der Waals surface area contributed by atoms with Crippen molar-refractivity contribution < 1.29 is 5.11 Å². The van der Waals surface area contributed by atoms with Gasteiger partial charge in [-0.05, 0) is 39.2 Å². The Balaban J connectivity index is 2.35. The average Bonchev–Trinajstić information content (AvgIpc) is 2.69. The highest BCUT2D eigenvalue weighted by Gasteiger charge is 2.20. The topological polar surface area (TPSA) is 35.5 Å². The Bertz CT molecular complexity index is 167. The first-order valence-corrected chi connectivity index (χ1v) is 6.21. The van der Waals surface area contributed by atoms with Crippen LogP contribution in [0.2, 0.25) is 0 Å². The van der Waals surface area contributed by atoms with E-state index in [1.165, 1.54) is 19.4 Å². The summed E-state index contributed by atoms with van der Waals surface area (Å²) in [6, 6.07) is 1.24. The Morgan fingerprint density at radius 3 is 2.60 bits per heavy atom. The standard InChI is InChI=1S/C12H26N2O/c1-10(2)14(7-11(3)9-15)8-12-5-4-6-13-12/h10-13,15H,4-9H2,1-3H3. The normalized spacial score (nSPS) is 24.0. The molecular weight excluding hydrogens is 188 g/mol. The van der Waals surface area contributed by atoms with E-state index in [-0.39, 0.29) is 0 Å². The Labute approximate surface area is 93.9 Å². The highest BCUT2D eigenvalue weighted by Crippen LogP contribution is 2.11. The van der Waals surface area contributed by atoms with Crippen LogP contribution in [0.3, 0.4) is 0 Å². The second kappa shape index (κ2) is 6.46. The van der Waals surface area contributed by atoms with Crippen LogP contribution in [0.15, 0.2) is 0 Å². The van der Waals surface area contributed by atoms with E-state index < -0.39 is 0 Å². The minimum Gasteiger partial charge on any atom is -0.396 e. The van der Waals surface area contributed by atoms with E-state index in [0.29, 0.717) is 24.6 Å². The minimum absolute atomic E-state index is 0.293. The van der Waals surface area contributed by atoms with Crippen LogP contribution in [-0.4, -0.2) is 48.3 Å². The summed E-state index contributed by atoms with van der Waals surface area (Å²) in [5.41, 5.74) is 0. The molecule has 2 atom stereocenters. The third-order valence-corrected chi connectivity index (χ3v) is 3.21. The molecule has 2 unspecified atom stereocenters. The molecule has 90 valence electrons. The van der Waals surface area contributed by atoms with Gasteiger partial charge in [-0.3, -0.25) is 4.90 Å². The number of rotatable bonds is 6. The average molecular weight is 214 g/mol. The minimum atomic E-state index is 0.293. The molecule has 0 aromatic carbocycles. The highest BCUT2D eigenvalue weighted by molar-refractivity contribution is 4.79. The van der Waals surface area contributed by atoms with Crippen LogP contribution in [0, 0.1) is 5.92 Å². The van der Waals surface area contributed by atoms with Gasteiger partial charge in [-0.1, -0.05) is 6.92 Å². The van der Waals surface area contributed by atoms with E-state index in [1.54, 1.807) is 0 Å². The maximum absolute atomic E-state index is 9.08. The van der Waals surface area contributed by atoms with Crippen molar-refractivity contribution in [3.8, 4) is 0 Å². The summed E-state index contributed by atoms with van der Waals surface area (Å²) >= 11 is 0. The van der Waals surface area contributed by atoms with Crippen molar-refractivity contribution in [2.24, 2.45) is 5.92 Å². The number of hydrogen-bond donors (Lipinski definition) is 2. The molecule has 0 saturated carbocycles. The highest BCUT2D eigenvalue weighted by atomic mass is 16.3. The van der Waals surface area contributed by atoms with E-state index in [0.717, 1.165) is 13.1 Å². The van der Waals surface area contributed by atoms with Crippen LogP contribution >= 0.6 is 0 Å². The molecule has 3 heteroatoms. The van der Waals surface area contributed by atoms with Crippen molar-refractivity contribution in [3.05, 3.63) is 0 Å². The van der Waals surface area contributed by atoms with Gasteiger partial charge in [0.1, 0.15) is 0 Å². The number of nitrogens with one attached hydrogen (secondary N) is 1. The first kappa shape index (κ1) is 12.9. The summed E-state index contributed by atoms with van der Waals surface area (Å²) in [7, 11) is 0. The van der Waals surface area contributed by atoms with Crippen LogP contribution in [0.1, 0.15) is 33.6 Å². The van der Waals surface area contributed by atoms with Gasteiger partial charge in [-0.15, -0.1) is 0 Å². The molecule has 3 nitrogen and oxygen atoms in total. The van der Waals surface area contributed by atoms with Crippen molar-refractivity contribution in [1.29, 1.82) is 0 Å². The third kappa shape index (κ3) is 4.49. The summed E-state index contributed by atoms with van der Waals surface area (Å²) < 4.78 is 0. The molecule has 0 radical (unpaired) electrons. The molecular formula is C12H26N2O. The molecule has 0 amide bonds. The number of nitrogens with zero attached hydrogens (tertiary/aromatic N) is 1. The SMILES string of the molecule is CC(CO)CN(CC1CCCN1)C(C)C. The lowest BCUT2D eigenvalue weighted by Crippen LogP contribution is -2.43. The van der Waals surface area contributed by atoms with Gasteiger partial charge in [0.05, 0.1) is 0 Å². The van der Waals surface area contributed by atoms with Gasteiger partial charge in [-0.25, -0.2) is 0 Å². The van der Waals surface area contributed by atoms with Gasteiger partial charge in [0.15, 0.2) is 0 Å². The maximum atomic E-state index is 9.08. The van der Waals surface area contributed by atoms with Crippen molar-refractivity contribution in [2.45, 2.75) is 45.7 Å². The molecule has 0 aliphatic carbocycles. The van der Waals surface area contributed by atoms with Crippen LogP contribution < -0.4 is 5.32 Å². The smallest absolute Gasteiger partial charge is 0.0468 e. The Morgan fingerprint density at radius 1 is 1.40 bits per heavy atom. The molecule has 0 aromatic rings. The third-order valence-electron chi connectivity index (χ3n) is 3.21. The predicted molar refractivity (Wildman–Crippen MR) is 64.0 cm³/mol. The van der Waals surface area contributed by atoms with Crippen LogP contribution in [0.5, 0.6) is 0 Å². The van der Waals surface area contributed by atoms with E-state index in [9.17, 15) is 0 Å². The van der Waals surface area contributed by atoms with Crippen molar-refractivity contribution in [3.63, 3.8) is 0 Å². The van der Waals surface area contributed by atoms with Gasteiger partial charge in [0, 0.05) is 31.8 Å². The fourth-order valence-electron chi connectivity index (χ4n) is 2.15. The van der Waals surface area contributed by atoms with Gasteiger partial charge in [0.25, 0.3) is 0 Å². The molecule has 0 aromatic heterocycles. The number of aliphatic hydroxyl groups excluding tert-OH is 1. The first-order chi connectivity index (χ1) is 7.13. The quantitative estimate of drug-likeness (QED) is 0.694. The van der Waals surface area contributed by atoms with Crippen molar-refractivity contribution in [1.82, 2.24) is 10.2 Å². The maximum Gasteiger partial charge on any atom is 0.0468 e. The monoisotopic (exact) mass is 214 g/mol. The summed E-state index contributed by atoms with van der Waals surface area (Å²) in [4.78, 5) is 2.48. The van der Waals surface area contributed by atoms with Gasteiger partial charge in [-0.2, -0.15) is 0 Å². The molecule has 1 aliphatic heterocycles. The summed E-state index contributed by atoms with van der Waals surface area (Å²) in [5, 5.41) is 12.6. The molecule has 15 heavy (non-hydrogen) atoms. The summed E-state index contributed by atoms with van der Waals surface area (Å²) in [6.45, 7) is 10.2. The largest absolute Gasteiger partial charge is 0.396 e. The van der Waals surface area contributed by atoms with E-state index in [4.69, 9.17) is 5.11 Å². The zero-order valence-corrected chi connectivity index (χ0v) is 10.4. The zero-order valence-electron chi connectivity index (χ0n) is 10.4. The second-order valence-electron chi connectivity index (χ2n) is 5.13. The van der Waals surface area contributed by atoms with E-state index >= 15 is 0 Å². The molecule has 1 aliphatic rings. The van der Waals surface area contributed by atoms with Gasteiger partial charge >= 0.3 is 0 Å². The fourth-order valence-corrected chi connectivity index (χ4v) is 2.15. The number of hydrogen-bond acceptors (Lipinski definition) is 3. The molecule has 1 fully saturated rings. The van der Waals surface area contributed by atoms with Gasteiger partial charge in [0.2, 0.25) is 0 Å². The predicted octanol–water partition coefficient (Wildman–Crippen LogP) is 1.08. The summed E-state index contributed by atoms with van der Waals surface area (Å²) in [5.74, 6) is 0.383. The van der Waals surface area contributed by atoms with Gasteiger partial charge < -0.3 is 10.4 Å². The fraction of sp³-hybridized carbons (Fsp3) is 1.00. The zero-order chi connectivity index (χ0) is 11.3. The Morgan fingerprint density at radius 2 is 2.13 bits per heavy atom. The molecule has 1 saturated heterocycles. The van der Waals surface area contributed by atoms with Crippen molar-refractivity contribution >= 4 is 0 Å². The number of aliphatic hydroxyl groups is 1. The molecule has 2 N–H and O–H groups in total. The van der Waals surface area contributed by atoms with Crippen LogP contribution in [0.4, 0.5) is 0 Å². The van der Waals surface area contributed by atoms with E-state index in [2.05, 4.69) is 31.0 Å². The first-order valence-electron chi connectivity index (χ1n) is 6.21.